The van der Waals surface area contributed by atoms with E-state index in [1.807, 2.05) is 0 Å². The number of methoxy groups -OCH3 is 2. The van der Waals surface area contributed by atoms with Gasteiger partial charge in [0, 0.05) is 19.2 Å². The van der Waals surface area contributed by atoms with Crippen LogP contribution in [0.5, 0.6) is 0 Å². The summed E-state index contributed by atoms with van der Waals surface area (Å²) in [5.74, 6) is 1.54. The predicted octanol–water partition coefficient (Wildman–Crippen LogP) is 5.21. The first-order valence-electron chi connectivity index (χ1n) is 14.3. The van der Waals surface area contributed by atoms with E-state index >= 15 is 0 Å². The van der Waals surface area contributed by atoms with Gasteiger partial charge in [-0.05, 0) is 85.9 Å². The molecule has 2 N–H and O–H groups in total. The van der Waals surface area contributed by atoms with Crippen molar-refractivity contribution in [2.75, 3.05) is 33.9 Å². The van der Waals surface area contributed by atoms with Crippen molar-refractivity contribution in [2.45, 2.75) is 111 Å². The van der Waals surface area contributed by atoms with Crippen molar-refractivity contribution in [3.8, 4) is 0 Å². The normalized spacial score (nSPS) is 40.1. The maximum Gasteiger partial charge on any atom is 0.409 e. The second-order valence-electron chi connectivity index (χ2n) is 13.2. The number of hydrogen-bond acceptors (Lipinski definition) is 6. The van der Waals surface area contributed by atoms with Crippen molar-refractivity contribution in [1.82, 2.24) is 4.90 Å². The summed E-state index contributed by atoms with van der Waals surface area (Å²) in [6.07, 6.45) is 7.59. The smallest absolute Gasteiger partial charge is 0.409 e. The number of amides is 1. The third-order valence-corrected chi connectivity index (χ3v) is 11.3. The summed E-state index contributed by atoms with van der Waals surface area (Å²) in [6, 6.07) is 0. The molecule has 4 fully saturated rings. The maximum atomic E-state index is 12.1. The fourth-order valence-electron chi connectivity index (χ4n) is 9.22. The van der Waals surface area contributed by atoms with E-state index in [9.17, 15) is 4.79 Å². The lowest BCUT2D eigenvalue weighted by Gasteiger charge is -2.58. The number of ether oxygens (including phenoxy) is 4. The average Bonchev–Trinajstić information content (AvgIpc) is 3.54. The van der Waals surface area contributed by atoms with Crippen LogP contribution in [0.3, 0.4) is 0 Å². The lowest BCUT2D eigenvalue weighted by atomic mass is 9.49. The number of carbonyl (C=O) groups is 1. The number of rotatable bonds is 8. The zero-order valence-corrected chi connectivity index (χ0v) is 24.1. The average molecular weight is 509 g/mol. The van der Waals surface area contributed by atoms with Gasteiger partial charge >= 0.3 is 6.09 Å². The summed E-state index contributed by atoms with van der Waals surface area (Å²) in [4.78, 5) is 13.7. The second-order valence-corrected chi connectivity index (χ2v) is 13.2. The van der Waals surface area contributed by atoms with Gasteiger partial charge < -0.3 is 29.6 Å². The van der Waals surface area contributed by atoms with Gasteiger partial charge in [-0.1, -0.05) is 34.6 Å². The SMILES string of the molecule is CCC12CC13CCC(OC1CN(C(=O)OC)CCO1)C(C)(C)C3CCC2C(N)(CC(C)OC)C(C)C. The van der Waals surface area contributed by atoms with E-state index in [0.29, 0.717) is 48.3 Å². The molecule has 7 heteroatoms. The number of hydrogen-bond donors (Lipinski definition) is 1. The fourth-order valence-corrected chi connectivity index (χ4v) is 9.22. The molecule has 8 unspecified atom stereocenters. The van der Waals surface area contributed by atoms with Gasteiger partial charge in [-0.15, -0.1) is 0 Å². The van der Waals surface area contributed by atoms with Gasteiger partial charge in [0.1, 0.15) is 0 Å². The Kier molecular flexibility index (Phi) is 7.82. The first-order chi connectivity index (χ1) is 16.9. The van der Waals surface area contributed by atoms with E-state index in [1.165, 1.54) is 39.2 Å². The van der Waals surface area contributed by atoms with Crippen LogP contribution in [0, 0.1) is 34.0 Å². The molecule has 1 saturated heterocycles. The monoisotopic (exact) mass is 508 g/mol. The molecule has 8 atom stereocenters. The summed E-state index contributed by atoms with van der Waals surface area (Å²) in [5, 5.41) is 0. The molecule has 0 aromatic heterocycles. The number of morpholine rings is 1. The highest BCUT2D eigenvalue weighted by Gasteiger charge is 2.78. The van der Waals surface area contributed by atoms with Crippen molar-refractivity contribution in [2.24, 2.45) is 39.7 Å². The molecular formula is C29H52N2O5. The number of nitrogens with two attached hydrogens (primary N) is 1. The van der Waals surface area contributed by atoms with Gasteiger partial charge in [-0.3, -0.25) is 0 Å². The first-order valence-corrected chi connectivity index (χ1v) is 14.3. The van der Waals surface area contributed by atoms with E-state index in [-0.39, 0.29) is 29.3 Å². The minimum atomic E-state index is -0.393. The zero-order chi connectivity index (χ0) is 26.5. The third-order valence-electron chi connectivity index (χ3n) is 11.3. The Morgan fingerprint density at radius 2 is 1.92 bits per heavy atom. The summed E-state index contributed by atoms with van der Waals surface area (Å²) < 4.78 is 23.2. The molecule has 0 bridgehead atoms. The molecule has 36 heavy (non-hydrogen) atoms. The molecule has 7 nitrogen and oxygen atoms in total. The molecule has 3 aliphatic carbocycles. The van der Waals surface area contributed by atoms with Crippen LogP contribution in [0.2, 0.25) is 0 Å². The minimum absolute atomic E-state index is 0.0337. The Bertz CT molecular complexity index is 805. The van der Waals surface area contributed by atoms with Crippen LogP contribution in [-0.4, -0.2) is 68.9 Å². The number of carbonyl (C=O) groups excluding carboxylic acids is 1. The topological polar surface area (TPSA) is 83.2 Å². The second kappa shape index (κ2) is 10.0. The van der Waals surface area contributed by atoms with Crippen LogP contribution in [0.4, 0.5) is 4.79 Å². The molecule has 0 aromatic rings. The quantitative estimate of drug-likeness (QED) is 0.485. The molecule has 4 rings (SSSR count). The fraction of sp³-hybridized carbons (Fsp3) is 0.966. The molecule has 1 amide bonds. The Morgan fingerprint density at radius 3 is 2.53 bits per heavy atom. The largest absolute Gasteiger partial charge is 0.453 e. The summed E-state index contributed by atoms with van der Waals surface area (Å²) in [7, 11) is 3.23. The van der Waals surface area contributed by atoms with Crippen LogP contribution in [0.1, 0.15) is 86.5 Å². The van der Waals surface area contributed by atoms with E-state index in [1.54, 1.807) is 12.0 Å². The van der Waals surface area contributed by atoms with Crippen molar-refractivity contribution in [1.29, 1.82) is 0 Å². The van der Waals surface area contributed by atoms with E-state index in [0.717, 1.165) is 12.8 Å². The lowest BCUT2D eigenvalue weighted by Crippen LogP contribution is -2.61. The maximum absolute atomic E-state index is 12.1. The Balaban J connectivity index is 1.53. The highest BCUT2D eigenvalue weighted by Crippen LogP contribution is 2.84. The van der Waals surface area contributed by atoms with Crippen LogP contribution in [0.15, 0.2) is 0 Å². The van der Waals surface area contributed by atoms with Crippen LogP contribution in [0.25, 0.3) is 0 Å². The van der Waals surface area contributed by atoms with Crippen LogP contribution in [-0.2, 0) is 18.9 Å². The molecule has 0 aromatic carbocycles. The molecule has 208 valence electrons. The van der Waals surface area contributed by atoms with E-state index in [2.05, 4.69) is 41.5 Å². The standard InChI is InChI=1S/C29H52N2O5/c1-9-27-18-28(27)13-12-23(36-24-17-31(14-15-35-24)25(32)34-8)26(5,6)21(28)10-11-22(27)29(30,19(2)3)16-20(4)33-7/h19-24H,9-18,30H2,1-8H3. The highest BCUT2D eigenvalue weighted by molar-refractivity contribution is 5.67. The predicted molar refractivity (Wildman–Crippen MR) is 140 cm³/mol. The third kappa shape index (κ3) is 4.30. The molecule has 4 aliphatic rings. The van der Waals surface area contributed by atoms with Gasteiger partial charge in [-0.2, -0.15) is 0 Å². The van der Waals surface area contributed by atoms with Gasteiger partial charge in [0.05, 0.1) is 32.5 Å². The number of nitrogens with zero attached hydrogens (tertiary/aromatic N) is 1. The molecule has 0 radical (unpaired) electrons. The molecule has 1 heterocycles. The molecular weight excluding hydrogens is 456 g/mol. The van der Waals surface area contributed by atoms with Gasteiger partial charge in [-0.25, -0.2) is 4.79 Å². The molecule has 1 spiro atoms. The van der Waals surface area contributed by atoms with E-state index in [4.69, 9.17) is 24.7 Å². The van der Waals surface area contributed by atoms with Crippen molar-refractivity contribution in [3.05, 3.63) is 0 Å². The lowest BCUT2D eigenvalue weighted by molar-refractivity contribution is -0.241. The zero-order valence-electron chi connectivity index (χ0n) is 24.1. The van der Waals surface area contributed by atoms with Gasteiger partial charge in [0.25, 0.3) is 0 Å². The Hall–Kier alpha value is -0.890. The van der Waals surface area contributed by atoms with E-state index < -0.39 is 6.29 Å². The Morgan fingerprint density at radius 1 is 1.19 bits per heavy atom. The molecule has 3 saturated carbocycles. The summed E-state index contributed by atoms with van der Waals surface area (Å²) in [5.41, 5.74) is 7.88. The first kappa shape index (κ1) is 28.1. The van der Waals surface area contributed by atoms with Crippen LogP contribution < -0.4 is 5.73 Å². The molecule has 1 aliphatic heterocycles. The van der Waals surface area contributed by atoms with Crippen molar-refractivity contribution >= 4 is 6.09 Å². The van der Waals surface area contributed by atoms with Crippen LogP contribution >= 0.6 is 0 Å². The minimum Gasteiger partial charge on any atom is -0.453 e. The summed E-state index contributed by atoms with van der Waals surface area (Å²) >= 11 is 0. The van der Waals surface area contributed by atoms with Crippen molar-refractivity contribution in [3.63, 3.8) is 0 Å². The van der Waals surface area contributed by atoms with Crippen molar-refractivity contribution < 1.29 is 23.7 Å². The van der Waals surface area contributed by atoms with Gasteiger partial charge in [0.15, 0.2) is 6.29 Å². The summed E-state index contributed by atoms with van der Waals surface area (Å²) in [6.45, 7) is 15.5. The van der Waals surface area contributed by atoms with Gasteiger partial charge in [0.2, 0.25) is 0 Å². The highest BCUT2D eigenvalue weighted by atomic mass is 16.7. The Labute approximate surface area is 219 Å².